The summed E-state index contributed by atoms with van der Waals surface area (Å²) in [5.41, 5.74) is 7.25. The van der Waals surface area contributed by atoms with Crippen molar-refractivity contribution in [2.45, 2.75) is 44.8 Å². The Balaban J connectivity index is 1.89. The van der Waals surface area contributed by atoms with Gasteiger partial charge in [-0.05, 0) is 26.7 Å². The van der Waals surface area contributed by atoms with Crippen molar-refractivity contribution < 1.29 is 4.79 Å². The summed E-state index contributed by atoms with van der Waals surface area (Å²) >= 11 is 0. The fraction of sp³-hybridized carbons (Fsp3) is 0.615. The summed E-state index contributed by atoms with van der Waals surface area (Å²) in [5.74, 6) is 1.33. The molecule has 0 aromatic carbocycles. The van der Waals surface area contributed by atoms with E-state index in [9.17, 15) is 4.79 Å². The number of carbonyl (C=O) groups is 1. The van der Waals surface area contributed by atoms with Crippen LogP contribution in [0.4, 0.5) is 17.5 Å². The average Bonchev–Trinajstić information content (AvgIpc) is 2.36. The van der Waals surface area contributed by atoms with Gasteiger partial charge in [0.2, 0.25) is 11.9 Å². The highest BCUT2D eigenvalue weighted by Gasteiger charge is 2.31. The number of nitrogens with two attached hydrogens (primary N) is 1. The van der Waals surface area contributed by atoms with E-state index in [4.69, 9.17) is 5.73 Å². The van der Waals surface area contributed by atoms with Crippen molar-refractivity contribution in [3.63, 3.8) is 0 Å². The van der Waals surface area contributed by atoms with Crippen molar-refractivity contribution in [3.05, 3.63) is 5.69 Å². The topological polar surface area (TPSA) is 96.2 Å². The molecular formula is C13H20N6O. The highest BCUT2D eigenvalue weighted by atomic mass is 16.2. The number of carbonyl (C=O) groups excluding carboxylic acids is 1. The lowest BCUT2D eigenvalue weighted by molar-refractivity contribution is -0.117. The predicted octanol–water partition coefficient (Wildman–Crippen LogP) is 0.463. The zero-order valence-electron chi connectivity index (χ0n) is 12.0. The zero-order chi connectivity index (χ0) is 14.4. The molecular weight excluding hydrogens is 256 g/mol. The number of nitrogens with zero attached hydrogens (tertiary/aromatic N) is 3. The smallest absolute Gasteiger partial charge is 0.246 e. The van der Waals surface area contributed by atoms with Crippen LogP contribution in [-0.4, -0.2) is 41.0 Å². The molecule has 4 N–H and O–H groups in total. The predicted molar refractivity (Wildman–Crippen MR) is 77.9 cm³/mol. The second kappa shape index (κ2) is 4.59. The van der Waals surface area contributed by atoms with Crippen molar-refractivity contribution in [2.24, 2.45) is 5.73 Å². The third kappa shape index (κ3) is 2.07. The molecule has 0 spiro atoms. The van der Waals surface area contributed by atoms with Crippen LogP contribution in [0.25, 0.3) is 0 Å². The molecule has 1 aliphatic carbocycles. The van der Waals surface area contributed by atoms with Crippen molar-refractivity contribution in [2.75, 3.05) is 22.6 Å². The lowest BCUT2D eigenvalue weighted by Crippen LogP contribution is -2.46. The number of aryl methyl sites for hydroxylation is 1. The number of aromatic nitrogens is 2. The van der Waals surface area contributed by atoms with Crippen LogP contribution in [0.15, 0.2) is 0 Å². The van der Waals surface area contributed by atoms with Crippen molar-refractivity contribution in [3.8, 4) is 0 Å². The Bertz CT molecular complexity index is 554. The van der Waals surface area contributed by atoms with Crippen molar-refractivity contribution in [1.82, 2.24) is 9.97 Å². The molecule has 0 saturated heterocycles. The van der Waals surface area contributed by atoms with E-state index in [1.165, 1.54) is 0 Å². The number of likely N-dealkylation sites (N-methyl/N-ethyl adjacent to an activating group) is 1. The Hall–Kier alpha value is -1.89. The first-order chi connectivity index (χ1) is 9.45. The molecule has 2 heterocycles. The number of hydrogen-bond acceptors (Lipinski definition) is 6. The van der Waals surface area contributed by atoms with E-state index in [0.717, 1.165) is 24.4 Å². The van der Waals surface area contributed by atoms with Crippen LogP contribution in [0.2, 0.25) is 0 Å². The standard InChI is InChI=1S/C13H20N6O/c1-6-10-11(19(3)7(2)12(20)17-10)18-13(15-6)16-9-4-8(14)5-9/h7-9H,4-5,14H2,1-3H3,(H,17,20)(H,15,16,18)/t7-,8-,9-/m0/s1. The molecule has 1 aliphatic heterocycles. The molecule has 1 aromatic rings. The van der Waals surface area contributed by atoms with E-state index in [-0.39, 0.29) is 18.0 Å². The van der Waals surface area contributed by atoms with Crippen LogP contribution in [0.1, 0.15) is 25.5 Å². The largest absolute Gasteiger partial charge is 0.351 e. The van der Waals surface area contributed by atoms with Crippen LogP contribution in [-0.2, 0) is 4.79 Å². The molecule has 0 unspecified atom stereocenters. The molecule has 7 nitrogen and oxygen atoms in total. The zero-order valence-corrected chi connectivity index (χ0v) is 12.0. The Morgan fingerprint density at radius 2 is 2.10 bits per heavy atom. The van der Waals surface area contributed by atoms with Gasteiger partial charge in [0, 0.05) is 19.1 Å². The fourth-order valence-electron chi connectivity index (χ4n) is 2.57. The van der Waals surface area contributed by atoms with Crippen LogP contribution in [0.5, 0.6) is 0 Å². The normalized spacial score (nSPS) is 28.5. The SMILES string of the molecule is Cc1nc(N[C@H]2C[C@H](N)C2)nc2c1NC(=O)[C@H](C)N2C. The van der Waals surface area contributed by atoms with Crippen molar-refractivity contribution >= 4 is 23.4 Å². The molecule has 1 fully saturated rings. The van der Waals surface area contributed by atoms with Crippen LogP contribution < -0.4 is 21.3 Å². The summed E-state index contributed by atoms with van der Waals surface area (Å²) in [5, 5.41) is 6.18. The lowest BCUT2D eigenvalue weighted by atomic mass is 9.88. The van der Waals surface area contributed by atoms with E-state index in [1.54, 1.807) is 0 Å². The molecule has 0 bridgehead atoms. The van der Waals surface area contributed by atoms with Gasteiger partial charge < -0.3 is 21.3 Å². The Morgan fingerprint density at radius 3 is 2.75 bits per heavy atom. The van der Waals surface area contributed by atoms with E-state index in [1.807, 2.05) is 25.8 Å². The number of amides is 1. The second-order valence-electron chi connectivity index (χ2n) is 5.68. The fourth-order valence-corrected chi connectivity index (χ4v) is 2.57. The summed E-state index contributed by atoms with van der Waals surface area (Å²) in [4.78, 5) is 22.7. The van der Waals surface area contributed by atoms with Gasteiger partial charge in [0.25, 0.3) is 0 Å². The van der Waals surface area contributed by atoms with Gasteiger partial charge in [-0.25, -0.2) is 4.98 Å². The summed E-state index contributed by atoms with van der Waals surface area (Å²) in [7, 11) is 1.87. The number of anilines is 3. The molecule has 7 heteroatoms. The number of fused-ring (bicyclic) bond motifs is 1. The Kier molecular flexibility index (Phi) is 3.01. The Morgan fingerprint density at radius 1 is 1.40 bits per heavy atom. The quantitative estimate of drug-likeness (QED) is 0.726. The average molecular weight is 276 g/mol. The highest BCUT2D eigenvalue weighted by molar-refractivity contribution is 6.03. The van der Waals surface area contributed by atoms with Gasteiger partial charge in [-0.3, -0.25) is 4.79 Å². The maximum Gasteiger partial charge on any atom is 0.246 e. The molecule has 20 heavy (non-hydrogen) atoms. The van der Waals surface area contributed by atoms with E-state index in [2.05, 4.69) is 20.6 Å². The molecule has 1 atom stereocenters. The molecule has 0 radical (unpaired) electrons. The van der Waals surface area contributed by atoms with Gasteiger partial charge in [0.05, 0.1) is 5.69 Å². The van der Waals surface area contributed by atoms with Gasteiger partial charge >= 0.3 is 0 Å². The Labute approximate surface area is 118 Å². The van der Waals surface area contributed by atoms with Crippen LogP contribution >= 0.6 is 0 Å². The van der Waals surface area contributed by atoms with E-state index < -0.39 is 0 Å². The van der Waals surface area contributed by atoms with Gasteiger partial charge in [0.15, 0.2) is 5.82 Å². The number of rotatable bonds is 2. The highest BCUT2D eigenvalue weighted by Crippen LogP contribution is 2.32. The molecule has 1 amide bonds. The molecule has 3 rings (SSSR count). The first kappa shape index (κ1) is 13.1. The minimum Gasteiger partial charge on any atom is -0.351 e. The number of nitrogens with one attached hydrogen (secondary N) is 2. The first-order valence-electron chi connectivity index (χ1n) is 6.90. The van der Waals surface area contributed by atoms with Crippen LogP contribution in [0.3, 0.4) is 0 Å². The maximum absolute atomic E-state index is 11.8. The third-order valence-electron chi connectivity index (χ3n) is 4.12. The second-order valence-corrected chi connectivity index (χ2v) is 5.68. The van der Waals surface area contributed by atoms with Gasteiger partial charge in [-0.2, -0.15) is 4.98 Å². The summed E-state index contributed by atoms with van der Waals surface area (Å²) in [6.07, 6.45) is 1.89. The maximum atomic E-state index is 11.8. The minimum atomic E-state index is -0.234. The van der Waals surface area contributed by atoms with E-state index >= 15 is 0 Å². The third-order valence-corrected chi connectivity index (χ3v) is 4.12. The summed E-state index contributed by atoms with van der Waals surface area (Å²) in [6, 6.07) is 0.401. The van der Waals surface area contributed by atoms with Crippen LogP contribution in [0, 0.1) is 6.92 Å². The van der Waals surface area contributed by atoms with Gasteiger partial charge in [-0.1, -0.05) is 0 Å². The van der Waals surface area contributed by atoms with Gasteiger partial charge in [-0.15, -0.1) is 0 Å². The van der Waals surface area contributed by atoms with Gasteiger partial charge in [0.1, 0.15) is 11.7 Å². The van der Waals surface area contributed by atoms with Crippen molar-refractivity contribution in [1.29, 1.82) is 0 Å². The monoisotopic (exact) mass is 276 g/mol. The summed E-state index contributed by atoms with van der Waals surface area (Å²) < 4.78 is 0. The first-order valence-corrected chi connectivity index (χ1v) is 6.90. The molecule has 108 valence electrons. The number of hydrogen-bond donors (Lipinski definition) is 3. The molecule has 2 aliphatic rings. The summed E-state index contributed by atoms with van der Waals surface area (Å²) in [6.45, 7) is 3.73. The van der Waals surface area contributed by atoms with E-state index in [0.29, 0.717) is 17.7 Å². The lowest BCUT2D eigenvalue weighted by Gasteiger charge is -2.35. The minimum absolute atomic E-state index is 0.0302. The molecule has 1 aromatic heterocycles. The molecule has 1 saturated carbocycles.